The quantitative estimate of drug-likeness (QED) is 0.579. The molecule has 0 spiro atoms. The second-order valence-electron chi connectivity index (χ2n) is 7.22. The first-order valence-corrected chi connectivity index (χ1v) is 10.1. The van der Waals surface area contributed by atoms with Crippen LogP contribution in [0.5, 0.6) is 5.75 Å². The number of rotatable bonds is 8. The summed E-state index contributed by atoms with van der Waals surface area (Å²) in [4.78, 5) is 41.6. The Bertz CT molecular complexity index is 1170. The van der Waals surface area contributed by atoms with Crippen LogP contribution in [-0.2, 0) is 11.3 Å². The molecule has 0 saturated heterocycles. The first-order valence-electron chi connectivity index (χ1n) is 10.1. The van der Waals surface area contributed by atoms with Crippen molar-refractivity contribution in [3.63, 3.8) is 0 Å². The van der Waals surface area contributed by atoms with Gasteiger partial charge < -0.3 is 15.4 Å². The molecule has 0 fully saturated rings. The predicted molar refractivity (Wildman–Crippen MR) is 121 cm³/mol. The third-order valence-electron chi connectivity index (χ3n) is 4.77. The largest absolute Gasteiger partial charge is 0.484 e. The van der Waals surface area contributed by atoms with Crippen molar-refractivity contribution in [1.29, 1.82) is 0 Å². The van der Waals surface area contributed by atoms with Crippen LogP contribution in [0.15, 0.2) is 64.2 Å². The number of hydrogen-bond acceptors (Lipinski definition) is 5. The Hall–Kier alpha value is -3.81. The molecule has 0 aliphatic rings. The van der Waals surface area contributed by atoms with Crippen LogP contribution in [0.4, 0.5) is 11.5 Å². The molecule has 1 aromatic heterocycles. The number of nitrogen functional groups attached to an aromatic ring is 1. The molecule has 3 N–H and O–H groups in total. The standard InChI is InChI=1S/C23H26N4O4/c1-3-12-26(19(28)15-31-18-11-7-8-16(2)13-18)20-21(24)27(23(30)25-22(20)29)14-17-9-5-4-6-10-17/h4-11,13H,3,12,14-15,24H2,1-2H3,(H,25,29,30). The fourth-order valence-corrected chi connectivity index (χ4v) is 3.27. The van der Waals surface area contributed by atoms with Gasteiger partial charge in [0.1, 0.15) is 11.6 Å². The van der Waals surface area contributed by atoms with E-state index in [1.165, 1.54) is 9.47 Å². The van der Waals surface area contributed by atoms with Crippen LogP contribution in [0.3, 0.4) is 0 Å². The number of nitrogens with two attached hydrogens (primary N) is 1. The Kier molecular flexibility index (Phi) is 6.92. The zero-order chi connectivity index (χ0) is 22.4. The summed E-state index contributed by atoms with van der Waals surface area (Å²) in [6, 6.07) is 16.6. The van der Waals surface area contributed by atoms with Gasteiger partial charge in [0.25, 0.3) is 11.5 Å². The number of ether oxygens (including phenoxy) is 1. The van der Waals surface area contributed by atoms with Crippen LogP contribution in [-0.4, -0.2) is 28.6 Å². The zero-order valence-electron chi connectivity index (χ0n) is 17.6. The fourth-order valence-electron chi connectivity index (χ4n) is 3.27. The number of aromatic amines is 1. The Morgan fingerprint density at radius 2 is 1.87 bits per heavy atom. The van der Waals surface area contributed by atoms with Crippen molar-refractivity contribution in [2.45, 2.75) is 26.8 Å². The van der Waals surface area contributed by atoms with Crippen molar-refractivity contribution in [2.75, 3.05) is 23.8 Å². The molecule has 8 nitrogen and oxygen atoms in total. The van der Waals surface area contributed by atoms with Gasteiger partial charge in [0.2, 0.25) is 0 Å². The molecule has 1 heterocycles. The van der Waals surface area contributed by atoms with Gasteiger partial charge in [-0.25, -0.2) is 4.79 Å². The predicted octanol–water partition coefficient (Wildman–Crippen LogP) is 2.30. The van der Waals surface area contributed by atoms with Crippen LogP contribution in [0.1, 0.15) is 24.5 Å². The molecule has 0 unspecified atom stereocenters. The van der Waals surface area contributed by atoms with Crippen LogP contribution in [0.2, 0.25) is 0 Å². The average Bonchev–Trinajstić information content (AvgIpc) is 2.75. The van der Waals surface area contributed by atoms with Crippen molar-refractivity contribution in [2.24, 2.45) is 0 Å². The molecule has 1 amide bonds. The van der Waals surface area contributed by atoms with Crippen molar-refractivity contribution in [1.82, 2.24) is 9.55 Å². The molecule has 31 heavy (non-hydrogen) atoms. The molecule has 0 saturated carbocycles. The van der Waals surface area contributed by atoms with Gasteiger partial charge in [0, 0.05) is 6.54 Å². The molecule has 0 atom stereocenters. The molecular formula is C23H26N4O4. The van der Waals surface area contributed by atoms with E-state index in [1.54, 1.807) is 6.07 Å². The molecule has 3 rings (SSSR count). The number of anilines is 2. The minimum absolute atomic E-state index is 0.0461. The third-order valence-corrected chi connectivity index (χ3v) is 4.77. The number of amides is 1. The second kappa shape index (κ2) is 9.80. The summed E-state index contributed by atoms with van der Waals surface area (Å²) < 4.78 is 6.87. The zero-order valence-corrected chi connectivity index (χ0v) is 17.6. The van der Waals surface area contributed by atoms with Crippen molar-refractivity contribution in [3.8, 4) is 5.75 Å². The Balaban J connectivity index is 1.92. The number of nitrogens with one attached hydrogen (secondary N) is 1. The van der Waals surface area contributed by atoms with Gasteiger partial charge in [-0.1, -0.05) is 49.4 Å². The molecular weight excluding hydrogens is 396 g/mol. The third kappa shape index (κ3) is 5.22. The molecule has 0 radical (unpaired) electrons. The van der Waals surface area contributed by atoms with E-state index in [0.717, 1.165) is 11.1 Å². The number of aromatic nitrogens is 2. The Morgan fingerprint density at radius 3 is 2.55 bits per heavy atom. The molecule has 162 valence electrons. The first-order chi connectivity index (χ1) is 14.9. The fraction of sp³-hybridized carbons (Fsp3) is 0.261. The SMILES string of the molecule is CCCN(C(=O)COc1cccc(C)c1)c1c(N)n(Cc2ccccc2)c(=O)[nH]c1=O. The highest BCUT2D eigenvalue weighted by Gasteiger charge is 2.24. The number of nitrogens with zero attached hydrogens (tertiary/aromatic N) is 2. The van der Waals surface area contributed by atoms with Gasteiger partial charge in [0.05, 0.1) is 6.54 Å². The smallest absolute Gasteiger partial charge is 0.330 e. The van der Waals surface area contributed by atoms with E-state index < -0.39 is 17.2 Å². The Labute approximate surface area is 179 Å². The monoisotopic (exact) mass is 422 g/mol. The van der Waals surface area contributed by atoms with Gasteiger partial charge in [-0.15, -0.1) is 0 Å². The summed E-state index contributed by atoms with van der Waals surface area (Å²) in [6.45, 7) is 3.97. The summed E-state index contributed by atoms with van der Waals surface area (Å²) >= 11 is 0. The lowest BCUT2D eigenvalue weighted by molar-refractivity contribution is -0.120. The normalized spacial score (nSPS) is 10.6. The summed E-state index contributed by atoms with van der Waals surface area (Å²) in [5.41, 5.74) is 6.70. The van der Waals surface area contributed by atoms with E-state index in [0.29, 0.717) is 12.2 Å². The summed E-state index contributed by atoms with van der Waals surface area (Å²) in [5, 5.41) is 0. The van der Waals surface area contributed by atoms with Crippen molar-refractivity contribution in [3.05, 3.63) is 86.6 Å². The van der Waals surface area contributed by atoms with Crippen molar-refractivity contribution < 1.29 is 9.53 Å². The van der Waals surface area contributed by atoms with Gasteiger partial charge in [0.15, 0.2) is 12.3 Å². The highest BCUT2D eigenvalue weighted by molar-refractivity contribution is 5.96. The van der Waals surface area contributed by atoms with E-state index >= 15 is 0 Å². The molecule has 3 aromatic rings. The summed E-state index contributed by atoms with van der Waals surface area (Å²) in [5.74, 6) is 0.0705. The summed E-state index contributed by atoms with van der Waals surface area (Å²) in [7, 11) is 0. The van der Waals surface area contributed by atoms with Gasteiger partial charge >= 0.3 is 5.69 Å². The highest BCUT2D eigenvalue weighted by Crippen LogP contribution is 2.19. The van der Waals surface area contributed by atoms with Gasteiger partial charge in [-0.05, 0) is 36.6 Å². The lowest BCUT2D eigenvalue weighted by Crippen LogP contribution is -2.43. The summed E-state index contributed by atoms with van der Waals surface area (Å²) in [6.07, 6.45) is 0.590. The maximum Gasteiger partial charge on any atom is 0.330 e. The number of carbonyl (C=O) groups is 1. The molecule has 0 aliphatic heterocycles. The minimum Gasteiger partial charge on any atom is -0.484 e. The molecule has 0 bridgehead atoms. The first kappa shape index (κ1) is 21.9. The Morgan fingerprint density at radius 1 is 1.13 bits per heavy atom. The van der Waals surface area contributed by atoms with Crippen LogP contribution in [0, 0.1) is 6.92 Å². The number of benzene rings is 2. The lowest BCUT2D eigenvalue weighted by Gasteiger charge is -2.24. The van der Waals surface area contributed by atoms with E-state index in [1.807, 2.05) is 62.4 Å². The maximum atomic E-state index is 13.0. The topological polar surface area (TPSA) is 110 Å². The van der Waals surface area contributed by atoms with E-state index in [2.05, 4.69) is 4.98 Å². The molecule has 8 heteroatoms. The van der Waals surface area contributed by atoms with E-state index in [4.69, 9.17) is 10.5 Å². The average molecular weight is 422 g/mol. The van der Waals surface area contributed by atoms with Crippen molar-refractivity contribution >= 4 is 17.4 Å². The van der Waals surface area contributed by atoms with Gasteiger partial charge in [-0.3, -0.25) is 19.1 Å². The number of hydrogen-bond donors (Lipinski definition) is 2. The molecule has 0 aliphatic carbocycles. The van der Waals surface area contributed by atoms with Crippen LogP contribution < -0.4 is 26.6 Å². The number of H-pyrrole nitrogens is 1. The van der Waals surface area contributed by atoms with Crippen LogP contribution >= 0.6 is 0 Å². The maximum absolute atomic E-state index is 13.0. The molecule has 2 aromatic carbocycles. The highest BCUT2D eigenvalue weighted by atomic mass is 16.5. The van der Waals surface area contributed by atoms with Gasteiger partial charge in [-0.2, -0.15) is 0 Å². The number of aryl methyl sites for hydroxylation is 1. The second-order valence-corrected chi connectivity index (χ2v) is 7.22. The lowest BCUT2D eigenvalue weighted by atomic mass is 10.2. The minimum atomic E-state index is -0.704. The van der Waals surface area contributed by atoms with Crippen LogP contribution in [0.25, 0.3) is 0 Å². The number of carbonyl (C=O) groups excluding carboxylic acids is 1. The van der Waals surface area contributed by atoms with E-state index in [-0.39, 0.29) is 31.2 Å². The van der Waals surface area contributed by atoms with E-state index in [9.17, 15) is 14.4 Å².